The highest BCUT2D eigenvalue weighted by molar-refractivity contribution is 7.16. The molecule has 3 rings (SSSR count). The van der Waals surface area contributed by atoms with Gasteiger partial charge in [0.25, 0.3) is 0 Å². The molecule has 1 atom stereocenters. The van der Waals surface area contributed by atoms with E-state index in [1.807, 2.05) is 0 Å². The van der Waals surface area contributed by atoms with Gasteiger partial charge in [0.1, 0.15) is 0 Å². The molecule has 0 saturated carbocycles. The largest absolute Gasteiger partial charge is 0.378 e. The SMILES string of the molecule is CN(C)c1ccc(CNC2CCCc3sc(Cl)cc32)cc1. The summed E-state index contributed by atoms with van der Waals surface area (Å²) in [7, 11) is 4.13. The summed E-state index contributed by atoms with van der Waals surface area (Å²) in [5.41, 5.74) is 3.98. The number of hydrogen-bond donors (Lipinski definition) is 1. The molecule has 1 N–H and O–H groups in total. The Morgan fingerprint density at radius 3 is 2.76 bits per heavy atom. The molecule has 4 heteroatoms. The number of hydrogen-bond acceptors (Lipinski definition) is 3. The van der Waals surface area contributed by atoms with Crippen molar-refractivity contribution >= 4 is 28.6 Å². The molecule has 0 saturated heterocycles. The number of anilines is 1. The smallest absolute Gasteiger partial charge is 0.0934 e. The molecule has 2 aromatic rings. The molecule has 0 aliphatic heterocycles. The van der Waals surface area contributed by atoms with Gasteiger partial charge in [-0.3, -0.25) is 0 Å². The molecule has 1 aromatic carbocycles. The van der Waals surface area contributed by atoms with Gasteiger partial charge in [-0.25, -0.2) is 0 Å². The lowest BCUT2D eigenvalue weighted by molar-refractivity contribution is 0.463. The van der Waals surface area contributed by atoms with Crippen molar-refractivity contribution in [1.29, 1.82) is 0 Å². The second kappa shape index (κ2) is 6.39. The van der Waals surface area contributed by atoms with Gasteiger partial charge in [-0.1, -0.05) is 23.7 Å². The maximum atomic E-state index is 6.17. The van der Waals surface area contributed by atoms with E-state index in [0.717, 1.165) is 10.9 Å². The Morgan fingerprint density at radius 1 is 1.29 bits per heavy atom. The fraction of sp³-hybridized carbons (Fsp3) is 0.412. The van der Waals surface area contributed by atoms with Crippen molar-refractivity contribution in [3.63, 3.8) is 0 Å². The van der Waals surface area contributed by atoms with Crippen LogP contribution >= 0.6 is 22.9 Å². The van der Waals surface area contributed by atoms with Crippen LogP contribution in [0.5, 0.6) is 0 Å². The minimum Gasteiger partial charge on any atom is -0.378 e. The molecule has 1 aliphatic carbocycles. The Hall–Kier alpha value is -1.03. The van der Waals surface area contributed by atoms with Gasteiger partial charge in [0, 0.05) is 37.2 Å². The van der Waals surface area contributed by atoms with Gasteiger partial charge in [-0.2, -0.15) is 0 Å². The molecular formula is C17H21ClN2S. The van der Waals surface area contributed by atoms with Crippen molar-refractivity contribution < 1.29 is 0 Å². The first kappa shape index (κ1) is 14.9. The fourth-order valence-electron chi connectivity index (χ4n) is 2.89. The third-order valence-corrected chi connectivity index (χ3v) is 5.43. The molecule has 0 amide bonds. The quantitative estimate of drug-likeness (QED) is 0.883. The molecule has 0 radical (unpaired) electrons. The van der Waals surface area contributed by atoms with E-state index in [0.29, 0.717) is 6.04 Å². The van der Waals surface area contributed by atoms with Crippen LogP contribution in [0.15, 0.2) is 30.3 Å². The van der Waals surface area contributed by atoms with Gasteiger partial charge in [0.15, 0.2) is 0 Å². The summed E-state index contributed by atoms with van der Waals surface area (Å²) >= 11 is 7.91. The number of halogens is 1. The monoisotopic (exact) mass is 320 g/mol. The second-order valence-electron chi connectivity index (χ2n) is 5.82. The number of thiophene rings is 1. The van der Waals surface area contributed by atoms with E-state index < -0.39 is 0 Å². The summed E-state index contributed by atoms with van der Waals surface area (Å²) in [6.45, 7) is 0.908. The third-order valence-electron chi connectivity index (χ3n) is 4.09. The lowest BCUT2D eigenvalue weighted by atomic mass is 9.94. The van der Waals surface area contributed by atoms with Crippen LogP contribution in [-0.2, 0) is 13.0 Å². The topological polar surface area (TPSA) is 15.3 Å². The first-order valence-corrected chi connectivity index (χ1v) is 8.60. The van der Waals surface area contributed by atoms with Crippen LogP contribution in [-0.4, -0.2) is 14.1 Å². The summed E-state index contributed by atoms with van der Waals surface area (Å²) in [5.74, 6) is 0. The third kappa shape index (κ3) is 3.42. The second-order valence-corrected chi connectivity index (χ2v) is 7.58. The molecule has 0 fully saturated rings. The Balaban J connectivity index is 1.65. The highest BCUT2D eigenvalue weighted by atomic mass is 35.5. The number of nitrogens with zero attached hydrogens (tertiary/aromatic N) is 1. The summed E-state index contributed by atoms with van der Waals surface area (Å²) in [6, 6.07) is 11.3. The highest BCUT2D eigenvalue weighted by Gasteiger charge is 2.22. The Kier molecular flexibility index (Phi) is 4.53. The average molecular weight is 321 g/mol. The Labute approximate surface area is 135 Å². The van der Waals surface area contributed by atoms with Gasteiger partial charge in [0.2, 0.25) is 0 Å². The van der Waals surface area contributed by atoms with Gasteiger partial charge in [0.05, 0.1) is 4.34 Å². The van der Waals surface area contributed by atoms with Crippen molar-refractivity contribution in [3.8, 4) is 0 Å². The zero-order chi connectivity index (χ0) is 14.8. The molecule has 0 spiro atoms. The lowest BCUT2D eigenvalue weighted by Gasteiger charge is -2.24. The first-order chi connectivity index (χ1) is 10.1. The van der Waals surface area contributed by atoms with Crippen molar-refractivity contribution in [3.05, 3.63) is 50.7 Å². The minimum absolute atomic E-state index is 0.450. The van der Waals surface area contributed by atoms with Crippen LogP contribution in [0.1, 0.15) is 34.9 Å². The minimum atomic E-state index is 0.450. The maximum absolute atomic E-state index is 6.17. The molecule has 21 heavy (non-hydrogen) atoms. The summed E-state index contributed by atoms with van der Waals surface area (Å²) in [6.07, 6.45) is 3.64. The molecule has 2 nitrogen and oxygen atoms in total. The van der Waals surface area contributed by atoms with Crippen LogP contribution in [0.3, 0.4) is 0 Å². The van der Waals surface area contributed by atoms with Crippen LogP contribution in [0.4, 0.5) is 5.69 Å². The van der Waals surface area contributed by atoms with Crippen molar-refractivity contribution in [2.75, 3.05) is 19.0 Å². The van der Waals surface area contributed by atoms with Crippen molar-refractivity contribution in [2.45, 2.75) is 31.8 Å². The van der Waals surface area contributed by atoms with Gasteiger partial charge in [-0.05, 0) is 48.6 Å². The van der Waals surface area contributed by atoms with Gasteiger partial charge < -0.3 is 10.2 Å². The number of aryl methyl sites for hydroxylation is 1. The van der Waals surface area contributed by atoms with Crippen LogP contribution in [0, 0.1) is 0 Å². The lowest BCUT2D eigenvalue weighted by Crippen LogP contribution is -2.23. The van der Waals surface area contributed by atoms with E-state index >= 15 is 0 Å². The number of rotatable bonds is 4. The first-order valence-electron chi connectivity index (χ1n) is 7.41. The molecule has 1 unspecified atom stereocenters. The summed E-state index contributed by atoms with van der Waals surface area (Å²) in [5, 5.41) is 3.69. The summed E-state index contributed by atoms with van der Waals surface area (Å²) in [4.78, 5) is 3.59. The van der Waals surface area contributed by atoms with Crippen molar-refractivity contribution in [2.24, 2.45) is 0 Å². The normalized spacial score (nSPS) is 17.6. The highest BCUT2D eigenvalue weighted by Crippen LogP contribution is 2.37. The molecule has 1 heterocycles. The molecule has 1 aromatic heterocycles. The van der Waals surface area contributed by atoms with E-state index in [2.05, 4.69) is 54.6 Å². The summed E-state index contributed by atoms with van der Waals surface area (Å²) < 4.78 is 0.920. The van der Waals surface area contributed by atoms with Crippen molar-refractivity contribution in [1.82, 2.24) is 5.32 Å². The predicted octanol–water partition coefficient (Wildman–Crippen LogP) is 4.63. The molecular weight excluding hydrogens is 300 g/mol. The van der Waals surface area contributed by atoms with E-state index in [4.69, 9.17) is 11.6 Å². The van der Waals surface area contributed by atoms with E-state index in [1.54, 1.807) is 11.3 Å². The number of fused-ring (bicyclic) bond motifs is 1. The number of nitrogens with one attached hydrogen (secondary N) is 1. The number of benzene rings is 1. The van der Waals surface area contributed by atoms with Crippen LogP contribution in [0.2, 0.25) is 4.34 Å². The van der Waals surface area contributed by atoms with Gasteiger partial charge in [-0.15, -0.1) is 11.3 Å². The zero-order valence-corrected chi connectivity index (χ0v) is 14.1. The van der Waals surface area contributed by atoms with E-state index in [-0.39, 0.29) is 0 Å². The van der Waals surface area contributed by atoms with E-state index in [1.165, 1.54) is 41.0 Å². The predicted molar refractivity (Wildman–Crippen MR) is 92.6 cm³/mol. The van der Waals surface area contributed by atoms with Crippen LogP contribution < -0.4 is 10.2 Å². The molecule has 0 bridgehead atoms. The zero-order valence-electron chi connectivity index (χ0n) is 12.5. The maximum Gasteiger partial charge on any atom is 0.0934 e. The van der Waals surface area contributed by atoms with Gasteiger partial charge >= 0.3 is 0 Å². The fourth-order valence-corrected chi connectivity index (χ4v) is 4.27. The Morgan fingerprint density at radius 2 is 2.05 bits per heavy atom. The Bertz CT molecular complexity index is 604. The van der Waals surface area contributed by atoms with E-state index in [9.17, 15) is 0 Å². The molecule has 112 valence electrons. The molecule has 1 aliphatic rings. The van der Waals surface area contributed by atoms with Crippen LogP contribution in [0.25, 0.3) is 0 Å². The standard InChI is InChI=1S/C17H21ClN2S/c1-20(2)13-8-6-12(7-9-13)11-19-15-4-3-5-16-14(15)10-17(18)21-16/h6-10,15,19H,3-5,11H2,1-2H3. The average Bonchev–Trinajstić information content (AvgIpc) is 2.86.